The number of hydrogen-bond donors (Lipinski definition) is 0. The Balaban J connectivity index is 2.30. The molecule has 2 rings (SSSR count). The van der Waals surface area contributed by atoms with Gasteiger partial charge in [0.1, 0.15) is 0 Å². The molecular formula is C24H38OPSi+. The van der Waals surface area contributed by atoms with Crippen LogP contribution in [0.1, 0.15) is 34.6 Å². The van der Waals surface area contributed by atoms with Gasteiger partial charge in [0, 0.05) is 12.0 Å². The lowest BCUT2D eigenvalue weighted by molar-refractivity contribution is 0.184. The highest BCUT2D eigenvalue weighted by atomic mass is 31.2. The minimum absolute atomic E-state index is 0.129. The molecule has 2 aromatic carbocycles. The molecule has 0 saturated carbocycles. The number of hydrogen-bond acceptors (Lipinski definition) is 1. The van der Waals surface area contributed by atoms with Crippen LogP contribution in [0, 0.1) is 5.41 Å². The second-order valence-corrected chi connectivity index (χ2v) is 18.8. The summed E-state index contributed by atoms with van der Waals surface area (Å²) in [7, 11) is -3.22. The molecule has 0 amide bonds. The Morgan fingerprint density at radius 2 is 1.19 bits per heavy atom. The molecular weight excluding hydrogens is 363 g/mol. The standard InChI is InChI=1S/C24H38OPSi/c1-23(2,3)27(7,8)25-19-24(4,5)20-26(6,21-15-11-9-12-16-21)22-17-13-10-14-18-22/h9-18H,19-20H2,1-8H3/q+1. The van der Waals surface area contributed by atoms with Gasteiger partial charge in [0.05, 0.1) is 30.7 Å². The van der Waals surface area contributed by atoms with Gasteiger partial charge in [0.15, 0.2) is 8.32 Å². The van der Waals surface area contributed by atoms with E-state index in [4.69, 9.17) is 4.43 Å². The van der Waals surface area contributed by atoms with E-state index in [0.29, 0.717) is 0 Å². The first-order valence-corrected chi connectivity index (χ1v) is 15.3. The zero-order valence-corrected chi connectivity index (χ0v) is 20.4. The van der Waals surface area contributed by atoms with Crippen LogP contribution in [0.5, 0.6) is 0 Å². The first-order chi connectivity index (χ1) is 12.4. The summed E-state index contributed by atoms with van der Waals surface area (Å²) < 4.78 is 6.63. The van der Waals surface area contributed by atoms with Gasteiger partial charge in [0.25, 0.3) is 0 Å². The van der Waals surface area contributed by atoms with Gasteiger partial charge in [-0.2, -0.15) is 0 Å². The Hall–Kier alpha value is -0.953. The molecule has 0 unspecified atom stereocenters. The molecule has 2 aromatic rings. The van der Waals surface area contributed by atoms with Crippen molar-refractivity contribution < 1.29 is 4.43 Å². The average Bonchev–Trinajstić information content (AvgIpc) is 2.60. The monoisotopic (exact) mass is 401 g/mol. The number of benzene rings is 2. The van der Waals surface area contributed by atoms with E-state index >= 15 is 0 Å². The van der Waals surface area contributed by atoms with E-state index in [9.17, 15) is 0 Å². The largest absolute Gasteiger partial charge is 0.416 e. The predicted molar refractivity (Wildman–Crippen MR) is 127 cm³/mol. The van der Waals surface area contributed by atoms with Crippen molar-refractivity contribution in [3.63, 3.8) is 0 Å². The van der Waals surface area contributed by atoms with Crippen molar-refractivity contribution in [2.75, 3.05) is 19.4 Å². The Kier molecular flexibility index (Phi) is 6.78. The van der Waals surface area contributed by atoms with Crippen LogP contribution in [0.2, 0.25) is 18.1 Å². The van der Waals surface area contributed by atoms with Crippen molar-refractivity contribution in [3.05, 3.63) is 60.7 Å². The summed E-state index contributed by atoms with van der Waals surface area (Å²) in [5, 5.41) is 3.22. The smallest absolute Gasteiger partial charge is 0.192 e. The summed E-state index contributed by atoms with van der Waals surface area (Å²) in [6.45, 7) is 19.7. The second kappa shape index (κ2) is 8.19. The Labute approximate surface area is 169 Å². The lowest BCUT2D eigenvalue weighted by Crippen LogP contribution is -2.44. The normalized spacial score (nSPS) is 13.6. The summed E-state index contributed by atoms with van der Waals surface area (Å²) in [6, 6.07) is 22.2. The maximum Gasteiger partial charge on any atom is 0.192 e. The third kappa shape index (κ3) is 5.53. The van der Waals surface area contributed by atoms with Gasteiger partial charge in [-0.1, -0.05) is 71.0 Å². The van der Waals surface area contributed by atoms with E-state index in [1.165, 1.54) is 10.6 Å². The zero-order chi connectivity index (χ0) is 20.3. The van der Waals surface area contributed by atoms with Crippen LogP contribution < -0.4 is 10.6 Å². The van der Waals surface area contributed by atoms with Crippen molar-refractivity contribution >= 4 is 26.2 Å². The molecule has 0 aliphatic carbocycles. The van der Waals surface area contributed by atoms with Gasteiger partial charge in [0.2, 0.25) is 0 Å². The lowest BCUT2D eigenvalue weighted by Gasteiger charge is -2.40. The number of rotatable bonds is 7. The summed E-state index contributed by atoms with van der Waals surface area (Å²) in [5.74, 6) is 0. The van der Waals surface area contributed by atoms with Crippen LogP contribution in [0.25, 0.3) is 0 Å². The van der Waals surface area contributed by atoms with Crippen LogP contribution in [0.3, 0.4) is 0 Å². The first kappa shape index (κ1) is 22.3. The van der Waals surface area contributed by atoms with Gasteiger partial charge in [-0.3, -0.25) is 0 Å². The van der Waals surface area contributed by atoms with Crippen LogP contribution in [-0.4, -0.2) is 27.8 Å². The molecule has 0 spiro atoms. The molecule has 0 aliphatic rings. The first-order valence-electron chi connectivity index (χ1n) is 9.98. The van der Waals surface area contributed by atoms with Crippen molar-refractivity contribution in [1.82, 2.24) is 0 Å². The predicted octanol–water partition coefficient (Wildman–Crippen LogP) is 6.33. The highest BCUT2D eigenvalue weighted by molar-refractivity contribution is 7.88. The Bertz CT molecular complexity index is 678. The molecule has 0 aromatic heterocycles. The lowest BCUT2D eigenvalue weighted by atomic mass is 9.98. The fourth-order valence-corrected chi connectivity index (χ4v) is 8.65. The second-order valence-electron chi connectivity index (χ2n) is 10.2. The molecule has 0 aliphatic heterocycles. The van der Waals surface area contributed by atoms with Gasteiger partial charge in [-0.05, 0) is 42.4 Å². The Morgan fingerprint density at radius 3 is 1.56 bits per heavy atom. The maximum atomic E-state index is 6.63. The summed E-state index contributed by atoms with van der Waals surface area (Å²) in [4.78, 5) is 0. The molecule has 0 heterocycles. The van der Waals surface area contributed by atoms with Gasteiger partial charge in [-0.25, -0.2) is 0 Å². The molecule has 3 heteroatoms. The van der Waals surface area contributed by atoms with Crippen LogP contribution >= 0.6 is 7.26 Å². The van der Waals surface area contributed by atoms with Crippen LogP contribution in [-0.2, 0) is 4.43 Å². The minimum Gasteiger partial charge on any atom is -0.416 e. The van der Waals surface area contributed by atoms with E-state index in [0.717, 1.165) is 12.8 Å². The van der Waals surface area contributed by atoms with E-state index in [1.807, 2.05) is 0 Å². The molecule has 1 nitrogen and oxygen atoms in total. The minimum atomic E-state index is -1.74. The van der Waals surface area contributed by atoms with Crippen molar-refractivity contribution in [3.8, 4) is 0 Å². The van der Waals surface area contributed by atoms with Gasteiger partial charge < -0.3 is 4.43 Å². The summed E-state index contributed by atoms with van der Waals surface area (Å²) in [5.41, 5.74) is 0.129. The molecule has 0 radical (unpaired) electrons. The molecule has 27 heavy (non-hydrogen) atoms. The van der Waals surface area contributed by atoms with E-state index in [1.54, 1.807) is 0 Å². The molecule has 0 atom stereocenters. The maximum absolute atomic E-state index is 6.63. The van der Waals surface area contributed by atoms with Gasteiger partial charge in [-0.15, -0.1) is 0 Å². The fraction of sp³-hybridized carbons (Fsp3) is 0.500. The van der Waals surface area contributed by atoms with E-state index in [2.05, 4.69) is 115 Å². The average molecular weight is 402 g/mol. The van der Waals surface area contributed by atoms with E-state index < -0.39 is 15.6 Å². The fourth-order valence-electron chi connectivity index (χ4n) is 3.34. The Morgan fingerprint density at radius 1 is 0.778 bits per heavy atom. The topological polar surface area (TPSA) is 9.23 Å². The summed E-state index contributed by atoms with van der Waals surface area (Å²) >= 11 is 0. The molecule has 0 fully saturated rings. The van der Waals surface area contributed by atoms with Crippen molar-refractivity contribution in [2.45, 2.75) is 52.8 Å². The van der Waals surface area contributed by atoms with Crippen molar-refractivity contribution in [2.24, 2.45) is 5.41 Å². The molecule has 0 N–H and O–H groups in total. The highest BCUT2D eigenvalue weighted by Gasteiger charge is 2.44. The zero-order valence-electron chi connectivity index (χ0n) is 18.5. The molecule has 0 bridgehead atoms. The summed E-state index contributed by atoms with van der Waals surface area (Å²) in [6.07, 6.45) is 1.16. The SMILES string of the molecule is CC(C)(CO[Si](C)(C)C(C)(C)C)C[P+](C)(c1ccccc1)c1ccccc1. The van der Waals surface area contributed by atoms with Crippen molar-refractivity contribution in [1.29, 1.82) is 0 Å². The molecule has 148 valence electrons. The highest BCUT2D eigenvalue weighted by Crippen LogP contribution is 2.56. The van der Waals surface area contributed by atoms with Crippen LogP contribution in [0.15, 0.2) is 60.7 Å². The molecule has 0 saturated heterocycles. The van der Waals surface area contributed by atoms with Crippen LogP contribution in [0.4, 0.5) is 0 Å². The third-order valence-corrected chi connectivity index (χ3v) is 14.9. The van der Waals surface area contributed by atoms with E-state index in [-0.39, 0.29) is 10.5 Å². The quantitative estimate of drug-likeness (QED) is 0.389. The van der Waals surface area contributed by atoms with Gasteiger partial charge >= 0.3 is 0 Å². The third-order valence-electron chi connectivity index (χ3n) is 6.03.